The molecule has 0 radical (unpaired) electrons. The molecule has 1 aromatic carbocycles. The van der Waals surface area contributed by atoms with E-state index in [9.17, 15) is 9.59 Å². The van der Waals surface area contributed by atoms with Gasteiger partial charge in [0.15, 0.2) is 11.0 Å². The number of nitrogens with one attached hydrogen (secondary N) is 2. The van der Waals surface area contributed by atoms with Gasteiger partial charge >= 0.3 is 12.0 Å². The van der Waals surface area contributed by atoms with Gasteiger partial charge in [-0.2, -0.15) is 0 Å². The molecule has 2 amide bonds. The Morgan fingerprint density at radius 3 is 2.74 bits per heavy atom. The quantitative estimate of drug-likeness (QED) is 0.453. The minimum Gasteiger partial charge on any atom is -0.463 e. The SMILES string of the molecule is CCCn1c(SCC2=C(C(=O)OCC)C(CC)NC(=O)N2)nnc1-c1cccc(C)c1. The minimum absolute atomic E-state index is 0.276. The van der Waals surface area contributed by atoms with Gasteiger partial charge < -0.3 is 19.9 Å². The summed E-state index contributed by atoms with van der Waals surface area (Å²) in [5.41, 5.74) is 3.20. The van der Waals surface area contributed by atoms with Crippen LogP contribution in [0, 0.1) is 6.92 Å². The smallest absolute Gasteiger partial charge is 0.337 e. The van der Waals surface area contributed by atoms with Crippen LogP contribution in [0.1, 0.15) is 39.2 Å². The molecule has 0 fully saturated rings. The molecule has 0 saturated heterocycles. The van der Waals surface area contributed by atoms with Gasteiger partial charge in [-0.05, 0) is 32.8 Å². The summed E-state index contributed by atoms with van der Waals surface area (Å²) in [5.74, 6) is 0.787. The number of rotatable bonds is 9. The molecule has 0 saturated carbocycles. The zero-order chi connectivity index (χ0) is 22.4. The number of esters is 1. The van der Waals surface area contributed by atoms with Gasteiger partial charge in [-0.3, -0.25) is 0 Å². The molecule has 2 aromatic rings. The Kier molecular flexibility index (Phi) is 7.73. The Labute approximate surface area is 186 Å². The first-order valence-electron chi connectivity index (χ1n) is 10.6. The summed E-state index contributed by atoms with van der Waals surface area (Å²) in [5, 5.41) is 15.2. The number of hydrogen-bond acceptors (Lipinski definition) is 6. The van der Waals surface area contributed by atoms with E-state index in [1.165, 1.54) is 11.8 Å². The van der Waals surface area contributed by atoms with Crippen molar-refractivity contribution >= 4 is 23.8 Å². The average molecular weight is 444 g/mol. The van der Waals surface area contributed by atoms with Gasteiger partial charge in [-0.15, -0.1) is 10.2 Å². The number of nitrogens with zero attached hydrogens (tertiary/aromatic N) is 3. The Hall–Kier alpha value is -2.81. The van der Waals surface area contributed by atoms with Crippen molar-refractivity contribution < 1.29 is 14.3 Å². The van der Waals surface area contributed by atoms with Crippen LogP contribution in [0.2, 0.25) is 0 Å². The van der Waals surface area contributed by atoms with Crippen molar-refractivity contribution in [3.63, 3.8) is 0 Å². The molecule has 2 N–H and O–H groups in total. The Bertz CT molecular complexity index is 985. The molecule has 31 heavy (non-hydrogen) atoms. The van der Waals surface area contributed by atoms with E-state index >= 15 is 0 Å². The van der Waals surface area contributed by atoms with Crippen LogP contribution in [-0.4, -0.2) is 45.2 Å². The molecule has 0 aliphatic carbocycles. The third-order valence-corrected chi connectivity index (χ3v) is 5.93. The van der Waals surface area contributed by atoms with Crippen LogP contribution in [0.5, 0.6) is 0 Å². The fraction of sp³-hybridized carbons (Fsp3) is 0.455. The molecular formula is C22H29N5O3S. The predicted octanol–water partition coefficient (Wildman–Crippen LogP) is 3.66. The molecule has 1 aromatic heterocycles. The lowest BCUT2D eigenvalue weighted by Gasteiger charge is -2.28. The van der Waals surface area contributed by atoms with Crippen molar-refractivity contribution in [3.8, 4) is 11.4 Å². The highest BCUT2D eigenvalue weighted by molar-refractivity contribution is 7.99. The second kappa shape index (κ2) is 10.5. The lowest BCUT2D eigenvalue weighted by molar-refractivity contribution is -0.139. The van der Waals surface area contributed by atoms with Crippen molar-refractivity contribution in [3.05, 3.63) is 41.1 Å². The Morgan fingerprint density at radius 2 is 2.06 bits per heavy atom. The molecular weight excluding hydrogens is 414 g/mol. The molecule has 8 nitrogen and oxygen atoms in total. The number of hydrogen-bond donors (Lipinski definition) is 2. The van der Waals surface area contributed by atoms with Gasteiger partial charge in [-0.25, -0.2) is 9.59 Å². The van der Waals surface area contributed by atoms with Gasteiger partial charge in [0.1, 0.15) is 0 Å². The first kappa shape index (κ1) is 22.9. The minimum atomic E-state index is -0.409. The Balaban J connectivity index is 1.91. The molecule has 1 unspecified atom stereocenters. The number of urea groups is 1. The highest BCUT2D eigenvalue weighted by atomic mass is 32.2. The number of carbonyl (C=O) groups excluding carboxylic acids is 2. The zero-order valence-electron chi connectivity index (χ0n) is 18.4. The summed E-state index contributed by atoms with van der Waals surface area (Å²) in [6, 6.07) is 7.48. The van der Waals surface area contributed by atoms with E-state index in [0.717, 1.165) is 35.1 Å². The maximum atomic E-state index is 12.6. The van der Waals surface area contributed by atoms with Crippen molar-refractivity contribution in [2.45, 2.75) is 58.3 Å². The lowest BCUT2D eigenvalue weighted by atomic mass is 10.0. The number of thioether (sulfide) groups is 1. The standard InChI is InChI=1S/C22H29N5O3S/c1-5-11-27-19(15-10-8-9-14(4)12-15)25-26-22(27)31-13-17-18(20(28)30-7-3)16(6-2)23-21(29)24-17/h8-10,12,16H,5-7,11,13H2,1-4H3,(H2,23,24,29). The van der Waals surface area contributed by atoms with E-state index in [-0.39, 0.29) is 18.7 Å². The number of ether oxygens (including phenoxy) is 1. The second-order valence-electron chi connectivity index (χ2n) is 7.29. The van der Waals surface area contributed by atoms with Crippen LogP contribution in [0.25, 0.3) is 11.4 Å². The van der Waals surface area contributed by atoms with E-state index in [2.05, 4.69) is 38.4 Å². The maximum Gasteiger partial charge on any atom is 0.337 e. The van der Waals surface area contributed by atoms with Crippen LogP contribution in [0.3, 0.4) is 0 Å². The third kappa shape index (κ3) is 5.28. The molecule has 1 aliphatic rings. The predicted molar refractivity (Wildman–Crippen MR) is 121 cm³/mol. The van der Waals surface area contributed by atoms with E-state index in [0.29, 0.717) is 23.4 Å². The first-order chi connectivity index (χ1) is 15.0. The normalized spacial score (nSPS) is 16.1. The van der Waals surface area contributed by atoms with Crippen LogP contribution < -0.4 is 10.6 Å². The largest absolute Gasteiger partial charge is 0.463 e. The Morgan fingerprint density at radius 1 is 1.26 bits per heavy atom. The molecule has 9 heteroatoms. The molecule has 1 atom stereocenters. The van der Waals surface area contributed by atoms with Gasteiger partial charge in [0.2, 0.25) is 0 Å². The number of aryl methyl sites for hydroxylation is 1. The fourth-order valence-corrected chi connectivity index (χ4v) is 4.46. The maximum absolute atomic E-state index is 12.6. The lowest BCUT2D eigenvalue weighted by Crippen LogP contribution is -2.50. The van der Waals surface area contributed by atoms with Crippen molar-refractivity contribution in [1.82, 2.24) is 25.4 Å². The van der Waals surface area contributed by atoms with Crippen molar-refractivity contribution in [2.24, 2.45) is 0 Å². The van der Waals surface area contributed by atoms with Gasteiger partial charge in [-0.1, -0.05) is 49.4 Å². The summed E-state index contributed by atoms with van der Waals surface area (Å²) >= 11 is 1.45. The number of aromatic nitrogens is 3. The summed E-state index contributed by atoms with van der Waals surface area (Å²) in [4.78, 5) is 24.7. The second-order valence-corrected chi connectivity index (χ2v) is 8.23. The van der Waals surface area contributed by atoms with E-state index in [4.69, 9.17) is 4.74 Å². The van der Waals surface area contributed by atoms with Crippen LogP contribution in [-0.2, 0) is 16.1 Å². The van der Waals surface area contributed by atoms with E-state index < -0.39 is 5.97 Å². The van der Waals surface area contributed by atoms with Gasteiger partial charge in [0.25, 0.3) is 0 Å². The highest BCUT2D eigenvalue weighted by Gasteiger charge is 2.31. The van der Waals surface area contributed by atoms with Crippen LogP contribution in [0.15, 0.2) is 40.7 Å². The summed E-state index contributed by atoms with van der Waals surface area (Å²) in [6.45, 7) is 8.89. The van der Waals surface area contributed by atoms with Crippen LogP contribution >= 0.6 is 11.8 Å². The fourth-order valence-electron chi connectivity index (χ4n) is 3.53. The van der Waals surface area contributed by atoms with Crippen molar-refractivity contribution in [1.29, 1.82) is 0 Å². The molecule has 166 valence electrons. The highest BCUT2D eigenvalue weighted by Crippen LogP contribution is 2.28. The van der Waals surface area contributed by atoms with Gasteiger partial charge in [0.05, 0.1) is 18.2 Å². The van der Waals surface area contributed by atoms with Crippen molar-refractivity contribution in [2.75, 3.05) is 12.4 Å². The summed E-state index contributed by atoms with van der Waals surface area (Å²) in [7, 11) is 0. The molecule has 3 rings (SSSR count). The molecule has 0 spiro atoms. The summed E-state index contributed by atoms with van der Waals surface area (Å²) < 4.78 is 7.32. The first-order valence-corrected chi connectivity index (χ1v) is 11.6. The third-order valence-electron chi connectivity index (χ3n) is 4.93. The zero-order valence-corrected chi connectivity index (χ0v) is 19.2. The monoisotopic (exact) mass is 443 g/mol. The van der Waals surface area contributed by atoms with Crippen LogP contribution in [0.4, 0.5) is 4.79 Å². The summed E-state index contributed by atoms with van der Waals surface area (Å²) in [6.07, 6.45) is 1.53. The number of carbonyl (C=O) groups is 2. The number of benzene rings is 1. The topological polar surface area (TPSA) is 98.1 Å². The average Bonchev–Trinajstić information content (AvgIpc) is 3.14. The molecule has 0 bridgehead atoms. The molecule has 2 heterocycles. The molecule has 1 aliphatic heterocycles. The van der Waals surface area contributed by atoms with Gasteiger partial charge in [0, 0.05) is 23.6 Å². The number of amides is 2. The van der Waals surface area contributed by atoms with E-state index in [1.807, 2.05) is 32.0 Å². The van der Waals surface area contributed by atoms with E-state index in [1.54, 1.807) is 6.92 Å².